The van der Waals surface area contributed by atoms with E-state index in [9.17, 15) is 18.0 Å². The Kier molecular flexibility index (Phi) is 7.95. The average molecular weight is 518 g/mol. The van der Waals surface area contributed by atoms with Gasteiger partial charge in [-0.05, 0) is 64.7 Å². The third-order valence-corrected chi connectivity index (χ3v) is 8.42. The van der Waals surface area contributed by atoms with Gasteiger partial charge in [0.05, 0.1) is 22.5 Å². The molecule has 4 rings (SSSR count). The lowest BCUT2D eigenvalue weighted by atomic mass is 9.85. The number of likely N-dealkylation sites (tertiary alicyclic amines) is 1. The Bertz CT molecular complexity index is 1080. The molecule has 9 heteroatoms. The van der Waals surface area contributed by atoms with Crippen molar-refractivity contribution in [1.82, 2.24) is 24.7 Å². The van der Waals surface area contributed by atoms with Crippen molar-refractivity contribution in [3.05, 3.63) is 58.7 Å². The Labute approximate surface area is 217 Å². The molecule has 2 atom stereocenters. The highest BCUT2D eigenvalue weighted by molar-refractivity contribution is 5.96. The molecule has 6 nitrogen and oxygen atoms in total. The molecule has 1 unspecified atom stereocenters. The van der Waals surface area contributed by atoms with E-state index in [4.69, 9.17) is 0 Å². The van der Waals surface area contributed by atoms with Crippen LogP contribution in [0, 0.1) is 13.8 Å². The van der Waals surface area contributed by atoms with Crippen LogP contribution < -0.4 is 0 Å². The molecule has 37 heavy (non-hydrogen) atoms. The van der Waals surface area contributed by atoms with Gasteiger partial charge in [0.2, 0.25) is 0 Å². The molecule has 2 fully saturated rings. The third kappa shape index (κ3) is 5.67. The first-order chi connectivity index (χ1) is 17.4. The van der Waals surface area contributed by atoms with Crippen molar-refractivity contribution in [1.29, 1.82) is 0 Å². The summed E-state index contributed by atoms with van der Waals surface area (Å²) < 4.78 is 39.1. The number of amides is 1. The number of hydrogen-bond acceptors (Lipinski definition) is 5. The van der Waals surface area contributed by atoms with Crippen molar-refractivity contribution in [2.45, 2.75) is 77.7 Å². The summed E-state index contributed by atoms with van der Waals surface area (Å²) in [5.41, 5.74) is 2.38. The second-order valence-corrected chi connectivity index (χ2v) is 10.8. The van der Waals surface area contributed by atoms with Crippen molar-refractivity contribution < 1.29 is 18.0 Å². The summed E-state index contributed by atoms with van der Waals surface area (Å²) in [7, 11) is 0. The highest BCUT2D eigenvalue weighted by Gasteiger charge is 2.41. The van der Waals surface area contributed by atoms with E-state index in [0.717, 1.165) is 44.5 Å². The van der Waals surface area contributed by atoms with E-state index < -0.39 is 11.7 Å². The maximum Gasteiger partial charge on any atom is 0.416 e. The standard InChI is InChI=1S/C28H38F3N5O/c1-6-24(22-7-9-23(10-8-22)28(29,30)31)36-16-15-35(17-19(36)2)27(5)11-13-34(14-12-27)26(37)25-20(3)32-18-33-21(25)4/h7-10,18-19,24H,6,11-17H2,1-5H3/t19-,24?/m0/s1. The second kappa shape index (κ2) is 10.7. The number of piperazine rings is 1. The van der Waals surface area contributed by atoms with Gasteiger partial charge in [0, 0.05) is 50.3 Å². The first kappa shape index (κ1) is 27.5. The molecule has 1 amide bonds. The molecule has 0 N–H and O–H groups in total. The van der Waals surface area contributed by atoms with E-state index >= 15 is 0 Å². The highest BCUT2D eigenvalue weighted by atomic mass is 19.4. The zero-order chi connectivity index (χ0) is 27.0. The molecule has 2 saturated heterocycles. The van der Waals surface area contributed by atoms with Gasteiger partial charge >= 0.3 is 6.18 Å². The van der Waals surface area contributed by atoms with Gasteiger partial charge in [-0.3, -0.25) is 14.6 Å². The van der Waals surface area contributed by atoms with Crippen LogP contribution in [-0.4, -0.2) is 74.9 Å². The Morgan fingerprint density at radius 1 is 1.05 bits per heavy atom. The number of benzene rings is 1. The number of alkyl halides is 3. The van der Waals surface area contributed by atoms with Crippen molar-refractivity contribution in [2.24, 2.45) is 0 Å². The van der Waals surface area contributed by atoms with Crippen LogP contribution in [-0.2, 0) is 6.18 Å². The molecule has 2 aromatic rings. The molecule has 0 spiro atoms. The number of aryl methyl sites for hydroxylation is 2. The van der Waals surface area contributed by atoms with Crippen LogP contribution in [0.1, 0.15) is 78.9 Å². The molecular formula is C28H38F3N5O. The van der Waals surface area contributed by atoms with E-state index in [1.165, 1.54) is 18.5 Å². The van der Waals surface area contributed by atoms with Gasteiger partial charge in [-0.15, -0.1) is 0 Å². The van der Waals surface area contributed by atoms with Gasteiger partial charge in [-0.25, -0.2) is 9.97 Å². The second-order valence-electron chi connectivity index (χ2n) is 10.8. The monoisotopic (exact) mass is 517 g/mol. The fourth-order valence-corrected chi connectivity index (χ4v) is 6.05. The Balaban J connectivity index is 1.38. The molecule has 1 aromatic carbocycles. The Hall–Kier alpha value is -2.52. The number of aromatic nitrogens is 2. The van der Waals surface area contributed by atoms with E-state index in [1.807, 2.05) is 18.7 Å². The lowest BCUT2D eigenvalue weighted by Crippen LogP contribution is -2.62. The van der Waals surface area contributed by atoms with Crippen LogP contribution in [0.3, 0.4) is 0 Å². The number of rotatable bonds is 5. The van der Waals surface area contributed by atoms with Crippen LogP contribution in [0.15, 0.2) is 30.6 Å². The van der Waals surface area contributed by atoms with E-state index in [1.54, 1.807) is 12.1 Å². The summed E-state index contributed by atoms with van der Waals surface area (Å²) in [4.78, 5) is 28.5. The van der Waals surface area contributed by atoms with Crippen LogP contribution in [0.25, 0.3) is 0 Å². The lowest BCUT2D eigenvalue weighted by molar-refractivity contribution is -0.137. The van der Waals surface area contributed by atoms with Crippen molar-refractivity contribution in [2.75, 3.05) is 32.7 Å². The maximum absolute atomic E-state index is 13.2. The molecule has 3 heterocycles. The minimum absolute atomic E-state index is 0.00444. The van der Waals surface area contributed by atoms with Crippen LogP contribution >= 0.6 is 0 Å². The summed E-state index contributed by atoms with van der Waals surface area (Å²) in [6.07, 6.45) is -0.190. The summed E-state index contributed by atoms with van der Waals surface area (Å²) in [6.45, 7) is 14.4. The van der Waals surface area contributed by atoms with Gasteiger partial charge in [0.25, 0.3) is 5.91 Å². The SMILES string of the molecule is CCC(c1ccc(C(F)(F)F)cc1)N1CCN(C2(C)CCN(C(=O)c3c(C)ncnc3C)CC2)C[C@@H]1C. The number of carbonyl (C=O) groups is 1. The van der Waals surface area contributed by atoms with Crippen molar-refractivity contribution in [3.8, 4) is 0 Å². The molecular weight excluding hydrogens is 479 g/mol. The van der Waals surface area contributed by atoms with Gasteiger partial charge in [0.15, 0.2) is 0 Å². The average Bonchev–Trinajstić information content (AvgIpc) is 2.85. The molecule has 0 saturated carbocycles. The van der Waals surface area contributed by atoms with Crippen molar-refractivity contribution in [3.63, 3.8) is 0 Å². The fourth-order valence-electron chi connectivity index (χ4n) is 6.05. The van der Waals surface area contributed by atoms with Gasteiger partial charge < -0.3 is 4.90 Å². The lowest BCUT2D eigenvalue weighted by Gasteiger charge is -2.53. The number of carbonyl (C=O) groups excluding carboxylic acids is 1. The van der Waals surface area contributed by atoms with E-state index in [2.05, 4.69) is 40.5 Å². The molecule has 202 valence electrons. The zero-order valence-electron chi connectivity index (χ0n) is 22.5. The maximum atomic E-state index is 13.2. The van der Waals surface area contributed by atoms with Gasteiger partial charge in [-0.2, -0.15) is 13.2 Å². The smallest absolute Gasteiger partial charge is 0.338 e. The minimum Gasteiger partial charge on any atom is -0.338 e. The summed E-state index contributed by atoms with van der Waals surface area (Å²) >= 11 is 0. The first-order valence-electron chi connectivity index (χ1n) is 13.2. The van der Waals surface area contributed by atoms with E-state index in [0.29, 0.717) is 30.0 Å². The van der Waals surface area contributed by atoms with E-state index in [-0.39, 0.29) is 23.5 Å². The molecule has 0 aliphatic carbocycles. The molecule has 1 aromatic heterocycles. The summed E-state index contributed by atoms with van der Waals surface area (Å²) in [6, 6.07) is 6.01. The molecule has 0 bridgehead atoms. The first-order valence-corrected chi connectivity index (χ1v) is 13.2. The Morgan fingerprint density at radius 3 is 2.16 bits per heavy atom. The number of hydrogen-bond donors (Lipinski definition) is 0. The van der Waals surface area contributed by atoms with Crippen molar-refractivity contribution >= 4 is 5.91 Å². The molecule has 2 aliphatic heterocycles. The highest BCUT2D eigenvalue weighted by Crippen LogP contribution is 2.36. The van der Waals surface area contributed by atoms with Crippen LogP contribution in [0.2, 0.25) is 0 Å². The quantitative estimate of drug-likeness (QED) is 0.541. The predicted molar refractivity (Wildman–Crippen MR) is 137 cm³/mol. The van der Waals surface area contributed by atoms with Gasteiger partial charge in [0.1, 0.15) is 6.33 Å². The third-order valence-electron chi connectivity index (χ3n) is 8.42. The summed E-state index contributed by atoms with van der Waals surface area (Å²) in [5.74, 6) is 0.0122. The molecule has 0 radical (unpaired) electrons. The Morgan fingerprint density at radius 2 is 1.65 bits per heavy atom. The topological polar surface area (TPSA) is 52.6 Å². The van der Waals surface area contributed by atoms with Crippen LogP contribution in [0.5, 0.6) is 0 Å². The normalized spacial score (nSPS) is 22.2. The summed E-state index contributed by atoms with van der Waals surface area (Å²) in [5, 5.41) is 0. The molecule has 2 aliphatic rings. The predicted octanol–water partition coefficient (Wildman–Crippen LogP) is 5.26. The minimum atomic E-state index is -4.32. The number of piperidine rings is 1. The fraction of sp³-hybridized carbons (Fsp3) is 0.607. The zero-order valence-corrected chi connectivity index (χ0v) is 22.5. The van der Waals surface area contributed by atoms with Crippen LogP contribution in [0.4, 0.5) is 13.2 Å². The number of nitrogens with zero attached hydrogens (tertiary/aromatic N) is 5. The largest absolute Gasteiger partial charge is 0.416 e. The number of halogens is 3. The van der Waals surface area contributed by atoms with Gasteiger partial charge in [-0.1, -0.05) is 19.1 Å².